The number of nitrogens with one attached hydrogen (secondary N) is 1. The number of primary amides is 1. The first-order chi connectivity index (χ1) is 9.51. The minimum atomic E-state index is -0.406. The number of carbonyl (C=O) groups excluding carboxylic acids is 1. The number of aromatic nitrogens is 2. The minimum Gasteiger partial charge on any atom is -0.378 e. The van der Waals surface area contributed by atoms with Gasteiger partial charge in [-0.2, -0.15) is 5.10 Å². The van der Waals surface area contributed by atoms with Gasteiger partial charge in [0.05, 0.1) is 12.2 Å². The molecule has 0 saturated heterocycles. The average Bonchev–Trinajstić information content (AvgIpc) is 2.89. The van der Waals surface area contributed by atoms with E-state index < -0.39 is 5.91 Å². The second kappa shape index (κ2) is 5.77. The molecule has 0 saturated carbocycles. The zero-order chi connectivity index (χ0) is 14.7. The summed E-state index contributed by atoms with van der Waals surface area (Å²) in [6.07, 6.45) is 3.90. The molecule has 0 fully saturated rings. The van der Waals surface area contributed by atoms with Crippen molar-refractivity contribution in [3.05, 3.63) is 47.3 Å². The molecule has 1 amide bonds. The highest BCUT2D eigenvalue weighted by Crippen LogP contribution is 2.22. The van der Waals surface area contributed by atoms with E-state index in [2.05, 4.69) is 24.3 Å². The Morgan fingerprint density at radius 2 is 2.25 bits per heavy atom. The number of anilines is 1. The summed E-state index contributed by atoms with van der Waals surface area (Å²) in [7, 11) is 0. The lowest BCUT2D eigenvalue weighted by Gasteiger charge is -2.16. The maximum absolute atomic E-state index is 11.1. The molecule has 1 heterocycles. The van der Waals surface area contributed by atoms with Crippen molar-refractivity contribution in [2.24, 2.45) is 5.73 Å². The maximum Gasteiger partial charge on any atom is 0.248 e. The van der Waals surface area contributed by atoms with Gasteiger partial charge in [-0.15, -0.1) is 0 Å². The Kier molecular flexibility index (Phi) is 4.08. The summed E-state index contributed by atoms with van der Waals surface area (Å²) in [6.45, 7) is 6.95. The molecule has 1 atom stereocenters. The first-order valence-electron chi connectivity index (χ1n) is 6.70. The van der Waals surface area contributed by atoms with E-state index in [0.29, 0.717) is 5.56 Å². The van der Waals surface area contributed by atoms with Crippen LogP contribution in [0, 0.1) is 6.92 Å². The maximum atomic E-state index is 11.1. The van der Waals surface area contributed by atoms with Crippen molar-refractivity contribution in [1.82, 2.24) is 9.78 Å². The Hall–Kier alpha value is -2.30. The number of hydrogen-bond acceptors (Lipinski definition) is 3. The normalized spacial score (nSPS) is 12.2. The highest BCUT2D eigenvalue weighted by atomic mass is 16.1. The van der Waals surface area contributed by atoms with Gasteiger partial charge in [-0.25, -0.2) is 0 Å². The minimum absolute atomic E-state index is 0.147. The molecule has 0 aliphatic heterocycles. The van der Waals surface area contributed by atoms with Crippen molar-refractivity contribution in [1.29, 1.82) is 0 Å². The standard InChI is InChI=1S/C15H20N4O/c1-4-19-9-13(8-17-19)11(3)18-14-6-5-12(15(16)20)7-10(14)2/h5-9,11,18H,4H2,1-3H3,(H2,16,20). The van der Waals surface area contributed by atoms with Crippen LogP contribution in [0.25, 0.3) is 0 Å². The largest absolute Gasteiger partial charge is 0.378 e. The molecule has 3 N–H and O–H groups in total. The Bertz CT molecular complexity index is 618. The fourth-order valence-corrected chi connectivity index (χ4v) is 2.07. The van der Waals surface area contributed by atoms with Crippen molar-refractivity contribution in [3.8, 4) is 0 Å². The first-order valence-corrected chi connectivity index (χ1v) is 6.70. The molecule has 0 aliphatic rings. The van der Waals surface area contributed by atoms with Crippen molar-refractivity contribution in [2.75, 3.05) is 5.32 Å². The Labute approximate surface area is 118 Å². The highest BCUT2D eigenvalue weighted by molar-refractivity contribution is 5.93. The second-order valence-corrected chi connectivity index (χ2v) is 4.89. The van der Waals surface area contributed by atoms with Gasteiger partial charge >= 0.3 is 0 Å². The first kappa shape index (κ1) is 14.1. The fraction of sp³-hybridized carbons (Fsp3) is 0.333. The molecule has 0 spiro atoms. The molecule has 5 heteroatoms. The molecule has 1 aromatic heterocycles. The van der Waals surface area contributed by atoms with E-state index in [4.69, 9.17) is 5.73 Å². The Morgan fingerprint density at radius 1 is 1.50 bits per heavy atom. The van der Waals surface area contributed by atoms with Crippen molar-refractivity contribution in [3.63, 3.8) is 0 Å². The predicted octanol–water partition coefficient (Wildman–Crippen LogP) is 2.48. The van der Waals surface area contributed by atoms with E-state index in [1.54, 1.807) is 12.1 Å². The number of nitrogens with zero attached hydrogens (tertiary/aromatic N) is 2. The number of carbonyl (C=O) groups is 1. The van der Waals surface area contributed by atoms with Gasteiger partial charge in [-0.05, 0) is 44.5 Å². The molecular formula is C15H20N4O. The van der Waals surface area contributed by atoms with Crippen LogP contribution in [0.5, 0.6) is 0 Å². The molecule has 2 rings (SSSR count). The van der Waals surface area contributed by atoms with Crippen LogP contribution in [0.2, 0.25) is 0 Å². The van der Waals surface area contributed by atoms with Crippen LogP contribution in [0.4, 0.5) is 5.69 Å². The van der Waals surface area contributed by atoms with Crippen molar-refractivity contribution >= 4 is 11.6 Å². The SMILES string of the molecule is CCn1cc(C(C)Nc2ccc(C(N)=O)cc2C)cn1. The van der Waals surface area contributed by atoms with Crippen LogP contribution < -0.4 is 11.1 Å². The monoisotopic (exact) mass is 272 g/mol. The number of amides is 1. The molecule has 106 valence electrons. The second-order valence-electron chi connectivity index (χ2n) is 4.89. The van der Waals surface area contributed by atoms with Crippen LogP contribution in [0.3, 0.4) is 0 Å². The average molecular weight is 272 g/mol. The van der Waals surface area contributed by atoms with E-state index in [0.717, 1.165) is 23.4 Å². The summed E-state index contributed by atoms with van der Waals surface area (Å²) in [5, 5.41) is 7.70. The number of benzene rings is 1. The number of hydrogen-bond donors (Lipinski definition) is 2. The quantitative estimate of drug-likeness (QED) is 0.878. The topological polar surface area (TPSA) is 72.9 Å². The van der Waals surface area contributed by atoms with Gasteiger partial charge in [0.25, 0.3) is 0 Å². The molecule has 0 aliphatic carbocycles. The van der Waals surface area contributed by atoms with Gasteiger partial charge in [0.1, 0.15) is 0 Å². The van der Waals surface area contributed by atoms with Crippen LogP contribution in [-0.4, -0.2) is 15.7 Å². The van der Waals surface area contributed by atoms with E-state index >= 15 is 0 Å². The van der Waals surface area contributed by atoms with Crippen molar-refractivity contribution < 1.29 is 4.79 Å². The fourth-order valence-electron chi connectivity index (χ4n) is 2.07. The molecule has 20 heavy (non-hydrogen) atoms. The lowest BCUT2D eigenvalue weighted by Crippen LogP contribution is -2.12. The summed E-state index contributed by atoms with van der Waals surface area (Å²) in [5.41, 5.74) is 8.92. The number of nitrogens with two attached hydrogens (primary N) is 1. The molecule has 1 unspecified atom stereocenters. The molecule has 0 radical (unpaired) electrons. The van der Waals surface area contributed by atoms with E-state index in [-0.39, 0.29) is 6.04 Å². The van der Waals surface area contributed by atoms with Crippen molar-refractivity contribution in [2.45, 2.75) is 33.4 Å². The molecule has 1 aromatic carbocycles. The summed E-state index contributed by atoms with van der Waals surface area (Å²) in [5.74, 6) is -0.406. The van der Waals surface area contributed by atoms with E-state index in [1.165, 1.54) is 0 Å². The van der Waals surface area contributed by atoms with Crippen LogP contribution in [0.1, 0.15) is 41.4 Å². The number of aryl methyl sites for hydroxylation is 2. The zero-order valence-corrected chi connectivity index (χ0v) is 12.1. The van der Waals surface area contributed by atoms with Gasteiger partial charge in [0.15, 0.2) is 0 Å². The van der Waals surface area contributed by atoms with E-state index in [9.17, 15) is 4.79 Å². The third-order valence-electron chi connectivity index (χ3n) is 3.36. The molecular weight excluding hydrogens is 252 g/mol. The van der Waals surface area contributed by atoms with Gasteiger partial charge in [-0.3, -0.25) is 9.48 Å². The summed E-state index contributed by atoms with van der Waals surface area (Å²) >= 11 is 0. The van der Waals surface area contributed by atoms with Gasteiger partial charge in [0.2, 0.25) is 5.91 Å². The predicted molar refractivity (Wildman–Crippen MR) is 79.6 cm³/mol. The summed E-state index contributed by atoms with van der Waals surface area (Å²) < 4.78 is 1.90. The Morgan fingerprint density at radius 3 is 2.80 bits per heavy atom. The van der Waals surface area contributed by atoms with Gasteiger partial charge < -0.3 is 11.1 Å². The number of rotatable bonds is 5. The summed E-state index contributed by atoms with van der Waals surface area (Å²) in [4.78, 5) is 11.1. The van der Waals surface area contributed by atoms with E-state index in [1.807, 2.05) is 30.1 Å². The lowest BCUT2D eigenvalue weighted by molar-refractivity contribution is 0.1000. The third kappa shape index (κ3) is 2.99. The summed E-state index contributed by atoms with van der Waals surface area (Å²) in [6, 6.07) is 5.57. The lowest BCUT2D eigenvalue weighted by atomic mass is 10.1. The smallest absolute Gasteiger partial charge is 0.248 e. The molecule has 2 aromatic rings. The Balaban J connectivity index is 2.15. The van der Waals surface area contributed by atoms with Crippen LogP contribution in [-0.2, 0) is 6.54 Å². The molecule has 5 nitrogen and oxygen atoms in total. The van der Waals surface area contributed by atoms with Crippen LogP contribution >= 0.6 is 0 Å². The third-order valence-corrected chi connectivity index (χ3v) is 3.36. The zero-order valence-electron chi connectivity index (χ0n) is 12.1. The molecule has 0 bridgehead atoms. The van der Waals surface area contributed by atoms with Crippen LogP contribution in [0.15, 0.2) is 30.6 Å². The van der Waals surface area contributed by atoms with Gasteiger partial charge in [0, 0.05) is 29.6 Å². The van der Waals surface area contributed by atoms with Gasteiger partial charge in [-0.1, -0.05) is 0 Å². The highest BCUT2D eigenvalue weighted by Gasteiger charge is 2.10.